The van der Waals surface area contributed by atoms with Crippen LogP contribution in [0.15, 0.2) is 36.9 Å². The molecule has 42 heavy (non-hydrogen) atoms. The molecule has 0 bridgehead atoms. The summed E-state index contributed by atoms with van der Waals surface area (Å²) in [5, 5.41) is 2.55. The molecule has 3 aromatic rings. The maximum absolute atomic E-state index is 15.1. The number of nitrogens with one attached hydrogen (secondary N) is 1. The van der Waals surface area contributed by atoms with Crippen LogP contribution in [0.25, 0.3) is 5.65 Å². The van der Waals surface area contributed by atoms with Crippen LogP contribution >= 0.6 is 23.2 Å². The van der Waals surface area contributed by atoms with Crippen LogP contribution in [-0.2, 0) is 14.3 Å². The van der Waals surface area contributed by atoms with Crippen LogP contribution in [-0.4, -0.2) is 93.2 Å². The number of nitrogens with zero attached hydrogens (tertiary/aromatic N) is 6. The number of anilines is 2. The average Bonchev–Trinajstić information content (AvgIpc) is 3.57. The van der Waals surface area contributed by atoms with Gasteiger partial charge in [-0.25, -0.2) is 18.6 Å². The third-order valence-electron chi connectivity index (χ3n) is 6.99. The lowest BCUT2D eigenvalue weighted by Gasteiger charge is -2.36. The molecule has 1 N–H and O–H groups in total. The number of cyclic esters (lactones) is 1. The number of benzene rings is 1. The number of piperazine rings is 1. The first kappa shape index (κ1) is 29.5. The molecule has 3 amide bonds. The number of alkyl halides is 2. The smallest absolute Gasteiger partial charge is 0.414 e. The fraction of sp³-hybridized carbons (Fsp3) is 0.385. The van der Waals surface area contributed by atoms with Gasteiger partial charge < -0.3 is 24.3 Å². The second-order valence-corrected chi connectivity index (χ2v) is 10.8. The number of carbonyl (C=O) groups excluding carboxylic acids is 4. The van der Waals surface area contributed by atoms with E-state index in [0.717, 1.165) is 17.0 Å². The lowest BCUT2D eigenvalue weighted by Crippen LogP contribution is -2.51. The van der Waals surface area contributed by atoms with Crippen molar-refractivity contribution >= 4 is 63.9 Å². The molecule has 16 heteroatoms. The molecular formula is C26H25Cl2F2N7O5. The van der Waals surface area contributed by atoms with E-state index in [0.29, 0.717) is 5.65 Å². The number of halogens is 4. The largest absolute Gasteiger partial charge is 0.444 e. The molecule has 0 aliphatic carbocycles. The van der Waals surface area contributed by atoms with Gasteiger partial charge in [-0.2, -0.15) is 0 Å². The third kappa shape index (κ3) is 6.39. The van der Waals surface area contributed by atoms with Gasteiger partial charge in [0, 0.05) is 63.3 Å². The standard InChI is InChI=1S/C26H25Cl2F2N7O5/c27-24(28)20(38)2-1-16-13-37(26(41)42-16)15-9-17(29)23(18(30)10-15)35-7-5-34(6-8-35)22(39)12-32-25(40)19-14-36-4-3-31-11-21(36)33-19/h3-4,9-11,14,16,24H,1-2,5-8,12-13H2,(H,32,40)/t16-/m0/s1. The van der Waals surface area contributed by atoms with Crippen molar-refractivity contribution in [2.24, 2.45) is 0 Å². The van der Waals surface area contributed by atoms with E-state index in [9.17, 15) is 19.2 Å². The highest BCUT2D eigenvalue weighted by Gasteiger charge is 2.34. The molecule has 5 rings (SSSR count). The molecule has 1 aromatic carbocycles. The number of Topliss-reactive ketones (excluding diaryl/α,β-unsaturated/α-hetero) is 1. The molecule has 0 unspecified atom stereocenters. The number of rotatable bonds is 9. The normalized spacial score (nSPS) is 17.2. The molecule has 2 aliphatic heterocycles. The van der Waals surface area contributed by atoms with E-state index in [4.69, 9.17) is 27.9 Å². The monoisotopic (exact) mass is 623 g/mol. The number of ketones is 1. The van der Waals surface area contributed by atoms with E-state index >= 15 is 8.78 Å². The molecule has 2 saturated heterocycles. The number of hydrogen-bond acceptors (Lipinski definition) is 8. The number of ether oxygens (including phenoxy) is 1. The Morgan fingerprint density at radius 3 is 2.50 bits per heavy atom. The molecule has 12 nitrogen and oxygen atoms in total. The van der Waals surface area contributed by atoms with Crippen molar-refractivity contribution in [3.63, 3.8) is 0 Å². The summed E-state index contributed by atoms with van der Waals surface area (Å²) in [6.45, 7) is 0.402. The summed E-state index contributed by atoms with van der Waals surface area (Å²) in [7, 11) is 0. The fourth-order valence-corrected chi connectivity index (χ4v) is 5.01. The van der Waals surface area contributed by atoms with E-state index in [1.54, 1.807) is 16.8 Å². The van der Waals surface area contributed by atoms with Gasteiger partial charge in [-0.1, -0.05) is 23.2 Å². The minimum Gasteiger partial charge on any atom is -0.444 e. The average molecular weight is 624 g/mol. The molecule has 2 aliphatic rings. The molecular weight excluding hydrogens is 599 g/mol. The predicted octanol–water partition coefficient (Wildman–Crippen LogP) is 2.56. The maximum atomic E-state index is 15.1. The maximum Gasteiger partial charge on any atom is 0.414 e. The first-order valence-corrected chi connectivity index (χ1v) is 13.9. The summed E-state index contributed by atoms with van der Waals surface area (Å²) in [6, 6.07) is 2.09. The van der Waals surface area contributed by atoms with Crippen LogP contribution < -0.4 is 15.1 Å². The number of hydrogen-bond donors (Lipinski definition) is 1. The van der Waals surface area contributed by atoms with Crippen LogP contribution in [0.1, 0.15) is 23.3 Å². The number of amides is 3. The van der Waals surface area contributed by atoms with Gasteiger partial charge in [-0.3, -0.25) is 24.3 Å². The molecule has 222 valence electrons. The summed E-state index contributed by atoms with van der Waals surface area (Å²) < 4.78 is 37.1. The minimum absolute atomic E-state index is 0.00522. The molecule has 0 saturated carbocycles. The Morgan fingerprint density at radius 2 is 1.83 bits per heavy atom. The molecule has 4 heterocycles. The van der Waals surface area contributed by atoms with Crippen molar-refractivity contribution in [3.8, 4) is 0 Å². The van der Waals surface area contributed by atoms with Crippen LogP contribution in [0.2, 0.25) is 0 Å². The van der Waals surface area contributed by atoms with E-state index < -0.39 is 40.4 Å². The summed E-state index contributed by atoms with van der Waals surface area (Å²) in [5.41, 5.74) is 0.332. The zero-order valence-corrected chi connectivity index (χ0v) is 23.5. The Morgan fingerprint density at radius 1 is 1.12 bits per heavy atom. The zero-order valence-electron chi connectivity index (χ0n) is 22.0. The SMILES string of the molecule is O=C(NCC(=O)N1CCN(c2c(F)cc(N3C[C@H](CCC(=O)C(Cl)Cl)OC3=O)cc2F)CC1)c1cn2ccncc2n1. The minimum atomic E-state index is -1.18. The van der Waals surface area contributed by atoms with Crippen molar-refractivity contribution < 1.29 is 32.7 Å². The summed E-state index contributed by atoms with van der Waals surface area (Å²) in [5.74, 6) is -3.03. The Kier molecular flexibility index (Phi) is 8.73. The van der Waals surface area contributed by atoms with Crippen LogP contribution in [0.3, 0.4) is 0 Å². The number of fused-ring (bicyclic) bond motifs is 1. The van der Waals surface area contributed by atoms with Gasteiger partial charge in [-0.05, 0) is 6.42 Å². The molecule has 2 fully saturated rings. The van der Waals surface area contributed by atoms with E-state index in [1.807, 2.05) is 0 Å². The summed E-state index contributed by atoms with van der Waals surface area (Å²) >= 11 is 11.1. The summed E-state index contributed by atoms with van der Waals surface area (Å²) in [4.78, 5) is 60.1. The number of carbonyl (C=O) groups is 4. The van der Waals surface area contributed by atoms with Crippen molar-refractivity contribution in [3.05, 3.63) is 54.2 Å². The Bertz CT molecular complexity index is 1470. The van der Waals surface area contributed by atoms with Crippen LogP contribution in [0.4, 0.5) is 25.0 Å². The highest BCUT2D eigenvalue weighted by Crippen LogP contribution is 2.32. The van der Waals surface area contributed by atoms with E-state index in [2.05, 4.69) is 15.3 Å². The van der Waals surface area contributed by atoms with Crippen LogP contribution in [0.5, 0.6) is 0 Å². The molecule has 2 aromatic heterocycles. The van der Waals surface area contributed by atoms with Crippen molar-refractivity contribution in [2.75, 3.05) is 49.1 Å². The van der Waals surface area contributed by atoms with Gasteiger partial charge in [-0.15, -0.1) is 0 Å². The third-order valence-corrected chi connectivity index (χ3v) is 7.48. The van der Waals surface area contributed by atoms with Crippen LogP contribution in [0, 0.1) is 11.6 Å². The van der Waals surface area contributed by atoms with Gasteiger partial charge >= 0.3 is 6.09 Å². The lowest BCUT2D eigenvalue weighted by molar-refractivity contribution is -0.130. The zero-order chi connectivity index (χ0) is 30.0. The first-order valence-electron chi connectivity index (χ1n) is 13.0. The first-order chi connectivity index (χ1) is 20.1. The molecule has 1 atom stereocenters. The van der Waals surface area contributed by atoms with Crippen molar-refractivity contribution in [1.82, 2.24) is 24.6 Å². The lowest BCUT2D eigenvalue weighted by atomic mass is 10.1. The van der Waals surface area contributed by atoms with Crippen molar-refractivity contribution in [1.29, 1.82) is 0 Å². The van der Waals surface area contributed by atoms with E-state index in [1.165, 1.54) is 22.2 Å². The Labute approximate surface area is 248 Å². The highest BCUT2D eigenvalue weighted by molar-refractivity contribution is 6.53. The van der Waals surface area contributed by atoms with Gasteiger partial charge in [0.25, 0.3) is 5.91 Å². The number of aromatic nitrogens is 3. The summed E-state index contributed by atoms with van der Waals surface area (Å²) in [6.07, 6.45) is 4.94. The number of imidazole rings is 1. The quantitative estimate of drug-likeness (QED) is 0.360. The van der Waals surface area contributed by atoms with Gasteiger partial charge in [0.15, 0.2) is 27.9 Å². The molecule has 0 radical (unpaired) electrons. The van der Waals surface area contributed by atoms with Gasteiger partial charge in [0.05, 0.1) is 25.0 Å². The van der Waals surface area contributed by atoms with E-state index in [-0.39, 0.29) is 75.1 Å². The second kappa shape index (κ2) is 12.4. The van der Waals surface area contributed by atoms with Gasteiger partial charge in [0.1, 0.15) is 17.5 Å². The topological polar surface area (TPSA) is 129 Å². The highest BCUT2D eigenvalue weighted by atomic mass is 35.5. The van der Waals surface area contributed by atoms with Gasteiger partial charge in [0.2, 0.25) is 5.91 Å². The fourth-order valence-electron chi connectivity index (χ4n) is 4.80. The Balaban J connectivity index is 1.14. The Hall–Kier alpha value is -4.04. The molecule has 0 spiro atoms. The second-order valence-electron chi connectivity index (χ2n) is 9.70. The van der Waals surface area contributed by atoms with Crippen molar-refractivity contribution in [2.45, 2.75) is 23.8 Å². The predicted molar refractivity (Wildman–Crippen MR) is 148 cm³/mol.